The fourth-order valence-corrected chi connectivity index (χ4v) is 3.22. The molecule has 0 heterocycles. The smallest absolute Gasteiger partial charge is 0.180 e. The van der Waals surface area contributed by atoms with Crippen LogP contribution in [0.15, 0.2) is 64.8 Å². The molecule has 2 N–H and O–H groups in total. The Morgan fingerprint density at radius 1 is 1.04 bits per heavy atom. The molecule has 0 radical (unpaired) electrons. The van der Waals surface area contributed by atoms with Gasteiger partial charge in [0.05, 0.1) is 6.21 Å². The van der Waals surface area contributed by atoms with Gasteiger partial charge in [-0.15, -0.1) is 5.10 Å². The zero-order chi connectivity index (χ0) is 19.3. The Hall–Kier alpha value is -2.11. The normalized spacial score (nSPS) is 12.2. The van der Waals surface area contributed by atoms with E-state index in [1.807, 2.05) is 18.2 Å². The number of amidine groups is 1. The SMILES string of the molecule is CCCCN(CC)Cc1ccc(C=NN=C(N)SCc2ccccc2)cc1. The van der Waals surface area contributed by atoms with Crippen molar-refractivity contribution in [1.82, 2.24) is 4.90 Å². The first-order valence-electron chi connectivity index (χ1n) is 9.55. The summed E-state index contributed by atoms with van der Waals surface area (Å²) in [5, 5.41) is 8.65. The predicted octanol–water partition coefficient (Wildman–Crippen LogP) is 4.89. The van der Waals surface area contributed by atoms with Crippen molar-refractivity contribution < 1.29 is 0 Å². The zero-order valence-corrected chi connectivity index (χ0v) is 17.2. The lowest BCUT2D eigenvalue weighted by molar-refractivity contribution is 0.275. The summed E-state index contributed by atoms with van der Waals surface area (Å²) in [6.07, 6.45) is 4.23. The number of benzene rings is 2. The summed E-state index contributed by atoms with van der Waals surface area (Å²) in [5.74, 6) is 0.798. The van der Waals surface area contributed by atoms with Crippen LogP contribution in [-0.2, 0) is 12.3 Å². The van der Waals surface area contributed by atoms with Gasteiger partial charge < -0.3 is 5.73 Å². The van der Waals surface area contributed by atoms with Crippen LogP contribution in [0.2, 0.25) is 0 Å². The molecule has 2 rings (SSSR count). The number of unbranched alkanes of at least 4 members (excludes halogenated alkanes) is 1. The highest BCUT2D eigenvalue weighted by atomic mass is 32.2. The Morgan fingerprint density at radius 2 is 1.78 bits per heavy atom. The molecule has 2 aromatic rings. The van der Waals surface area contributed by atoms with Crippen molar-refractivity contribution in [2.45, 2.75) is 39.0 Å². The third-order valence-electron chi connectivity index (χ3n) is 4.25. The molecule has 0 spiro atoms. The number of nitrogens with zero attached hydrogens (tertiary/aromatic N) is 3. The lowest BCUT2D eigenvalue weighted by atomic mass is 10.1. The van der Waals surface area contributed by atoms with E-state index in [2.05, 4.69) is 65.3 Å². The van der Waals surface area contributed by atoms with Crippen LogP contribution in [0.5, 0.6) is 0 Å². The van der Waals surface area contributed by atoms with Gasteiger partial charge >= 0.3 is 0 Å². The molecule has 0 atom stereocenters. The van der Waals surface area contributed by atoms with E-state index in [1.54, 1.807) is 6.21 Å². The van der Waals surface area contributed by atoms with E-state index in [1.165, 1.54) is 35.7 Å². The van der Waals surface area contributed by atoms with Gasteiger partial charge in [-0.1, -0.05) is 86.6 Å². The third-order valence-corrected chi connectivity index (χ3v) is 5.11. The van der Waals surface area contributed by atoms with E-state index in [9.17, 15) is 0 Å². The zero-order valence-electron chi connectivity index (χ0n) is 16.3. The van der Waals surface area contributed by atoms with Crippen molar-refractivity contribution >= 4 is 23.1 Å². The maximum absolute atomic E-state index is 5.91. The third kappa shape index (κ3) is 8.41. The molecule has 0 bridgehead atoms. The number of thioether (sulfide) groups is 1. The summed E-state index contributed by atoms with van der Waals surface area (Å²) in [6.45, 7) is 7.68. The second-order valence-corrected chi connectivity index (χ2v) is 7.42. The van der Waals surface area contributed by atoms with E-state index >= 15 is 0 Å². The predicted molar refractivity (Wildman–Crippen MR) is 119 cm³/mol. The fraction of sp³-hybridized carbons (Fsp3) is 0.364. The summed E-state index contributed by atoms with van der Waals surface area (Å²) in [4.78, 5) is 2.47. The van der Waals surface area contributed by atoms with Crippen molar-refractivity contribution in [3.63, 3.8) is 0 Å². The van der Waals surface area contributed by atoms with Crippen LogP contribution in [-0.4, -0.2) is 29.4 Å². The van der Waals surface area contributed by atoms with Crippen LogP contribution in [0.25, 0.3) is 0 Å². The Kier molecular flexibility index (Phi) is 9.66. The molecule has 0 unspecified atom stereocenters. The Morgan fingerprint density at radius 3 is 2.44 bits per heavy atom. The minimum absolute atomic E-state index is 0.473. The standard InChI is InChI=1S/C22H30N4S/c1-3-5-15-26(4-2)17-20-13-11-19(12-14-20)16-24-25-22(23)27-18-21-9-7-6-8-10-21/h6-14,16H,3-5,15,17-18H2,1-2H3,(H2,23,25). The molecule has 0 aliphatic carbocycles. The van der Waals surface area contributed by atoms with Crippen molar-refractivity contribution in [3.8, 4) is 0 Å². The minimum atomic E-state index is 0.473. The van der Waals surface area contributed by atoms with Gasteiger partial charge in [-0.2, -0.15) is 5.10 Å². The highest BCUT2D eigenvalue weighted by Crippen LogP contribution is 2.12. The molecule has 4 nitrogen and oxygen atoms in total. The first kappa shape index (κ1) is 21.2. The summed E-state index contributed by atoms with van der Waals surface area (Å²) in [7, 11) is 0. The van der Waals surface area contributed by atoms with Gasteiger partial charge in [-0.05, 0) is 36.2 Å². The maximum atomic E-state index is 5.91. The molecule has 0 amide bonds. The van der Waals surface area contributed by atoms with Crippen LogP contribution in [0.4, 0.5) is 0 Å². The van der Waals surface area contributed by atoms with E-state index in [0.29, 0.717) is 5.17 Å². The average molecular weight is 383 g/mol. The first-order valence-corrected chi connectivity index (χ1v) is 10.5. The van der Waals surface area contributed by atoms with E-state index in [4.69, 9.17) is 5.73 Å². The van der Waals surface area contributed by atoms with Crippen molar-refractivity contribution in [1.29, 1.82) is 0 Å². The Balaban J connectivity index is 1.82. The number of hydrogen-bond donors (Lipinski definition) is 1. The molecule has 0 aromatic heterocycles. The Labute approximate surface area is 167 Å². The van der Waals surface area contributed by atoms with Crippen LogP contribution in [0.1, 0.15) is 43.4 Å². The van der Waals surface area contributed by atoms with Crippen LogP contribution in [0.3, 0.4) is 0 Å². The van der Waals surface area contributed by atoms with Crippen LogP contribution >= 0.6 is 11.8 Å². The molecule has 0 saturated heterocycles. The molecule has 0 aliphatic heterocycles. The van der Waals surface area contributed by atoms with Crippen LogP contribution < -0.4 is 5.73 Å². The number of nitrogens with two attached hydrogens (primary N) is 1. The second kappa shape index (κ2) is 12.3. The fourth-order valence-electron chi connectivity index (χ4n) is 2.61. The summed E-state index contributed by atoms with van der Waals surface area (Å²) in [5.41, 5.74) is 9.49. The number of rotatable bonds is 10. The van der Waals surface area contributed by atoms with Gasteiger partial charge in [-0.25, -0.2) is 0 Å². The summed E-state index contributed by atoms with van der Waals surface area (Å²) >= 11 is 1.49. The second-order valence-electron chi connectivity index (χ2n) is 6.42. The molecular weight excluding hydrogens is 352 g/mol. The lowest BCUT2D eigenvalue weighted by Gasteiger charge is -2.20. The molecule has 144 valence electrons. The molecule has 5 heteroatoms. The molecule has 0 fully saturated rings. The lowest BCUT2D eigenvalue weighted by Crippen LogP contribution is -2.23. The summed E-state index contributed by atoms with van der Waals surface area (Å²) < 4.78 is 0. The molecular formula is C22H30N4S. The topological polar surface area (TPSA) is 54.0 Å². The van der Waals surface area contributed by atoms with Gasteiger partial charge in [-0.3, -0.25) is 4.90 Å². The highest BCUT2D eigenvalue weighted by molar-refractivity contribution is 8.13. The Bertz CT molecular complexity index is 711. The van der Waals surface area contributed by atoms with E-state index in [0.717, 1.165) is 31.0 Å². The molecule has 2 aromatic carbocycles. The summed E-state index contributed by atoms with van der Waals surface area (Å²) in [6, 6.07) is 18.7. The first-order chi connectivity index (χ1) is 13.2. The van der Waals surface area contributed by atoms with Gasteiger partial charge in [0.25, 0.3) is 0 Å². The van der Waals surface area contributed by atoms with E-state index in [-0.39, 0.29) is 0 Å². The molecule has 0 aliphatic rings. The van der Waals surface area contributed by atoms with Gasteiger partial charge in [0.2, 0.25) is 0 Å². The van der Waals surface area contributed by atoms with Gasteiger partial charge in [0.1, 0.15) is 0 Å². The minimum Gasteiger partial charge on any atom is -0.377 e. The molecule has 27 heavy (non-hydrogen) atoms. The van der Waals surface area contributed by atoms with Gasteiger partial charge in [0, 0.05) is 12.3 Å². The number of hydrogen-bond acceptors (Lipinski definition) is 4. The largest absolute Gasteiger partial charge is 0.377 e. The highest BCUT2D eigenvalue weighted by Gasteiger charge is 2.03. The maximum Gasteiger partial charge on any atom is 0.180 e. The molecule has 0 saturated carbocycles. The van der Waals surface area contributed by atoms with Crippen molar-refractivity contribution in [2.24, 2.45) is 15.9 Å². The quantitative estimate of drug-likeness (QED) is 0.361. The van der Waals surface area contributed by atoms with Gasteiger partial charge in [0.15, 0.2) is 5.17 Å². The van der Waals surface area contributed by atoms with Crippen LogP contribution in [0, 0.1) is 0 Å². The monoisotopic (exact) mass is 382 g/mol. The van der Waals surface area contributed by atoms with Crippen molar-refractivity contribution in [3.05, 3.63) is 71.3 Å². The van der Waals surface area contributed by atoms with Crippen molar-refractivity contribution in [2.75, 3.05) is 13.1 Å². The van der Waals surface area contributed by atoms with E-state index < -0.39 is 0 Å². The average Bonchev–Trinajstić information content (AvgIpc) is 2.71.